The van der Waals surface area contributed by atoms with Gasteiger partial charge in [-0.05, 0) is 43.5 Å². The number of aromatic nitrogens is 2. The van der Waals surface area contributed by atoms with E-state index in [2.05, 4.69) is 15.6 Å². The van der Waals surface area contributed by atoms with Gasteiger partial charge in [0.05, 0.1) is 22.7 Å². The first-order valence-electron chi connectivity index (χ1n) is 8.71. The summed E-state index contributed by atoms with van der Waals surface area (Å²) in [5, 5.41) is 10.9. The number of aryl methyl sites for hydroxylation is 1. The third kappa shape index (κ3) is 4.14. The van der Waals surface area contributed by atoms with Gasteiger partial charge in [-0.1, -0.05) is 42.8 Å². The zero-order valence-corrected chi connectivity index (χ0v) is 15.1. The highest BCUT2D eigenvalue weighted by Gasteiger charge is 2.16. The molecule has 0 saturated carbocycles. The number of halogens is 1. The van der Waals surface area contributed by atoms with Gasteiger partial charge >= 0.3 is 0 Å². The number of para-hydroxylation sites is 3. The van der Waals surface area contributed by atoms with Crippen molar-refractivity contribution in [3.63, 3.8) is 0 Å². The molecular formula is C20H23ClN2O2. The van der Waals surface area contributed by atoms with E-state index >= 15 is 0 Å². The molecule has 0 aliphatic rings. The van der Waals surface area contributed by atoms with Crippen molar-refractivity contribution in [2.75, 3.05) is 6.61 Å². The molecule has 0 amide bonds. The number of fused-ring (bicyclic) bond motifs is 1. The van der Waals surface area contributed by atoms with E-state index in [0.717, 1.165) is 42.0 Å². The minimum atomic E-state index is -0.535. The van der Waals surface area contributed by atoms with Gasteiger partial charge in [-0.25, -0.2) is 4.98 Å². The zero-order chi connectivity index (χ0) is 17.6. The van der Waals surface area contributed by atoms with Crippen LogP contribution in [0.25, 0.3) is 11.0 Å². The van der Waals surface area contributed by atoms with E-state index in [0.29, 0.717) is 18.1 Å². The van der Waals surface area contributed by atoms with Gasteiger partial charge in [0.2, 0.25) is 0 Å². The monoisotopic (exact) mass is 358 g/mol. The van der Waals surface area contributed by atoms with Gasteiger partial charge in [0.15, 0.2) is 0 Å². The molecule has 3 aromatic rings. The van der Waals surface area contributed by atoms with Gasteiger partial charge in [-0.15, -0.1) is 0 Å². The number of nitrogens with zero attached hydrogens (tertiary/aromatic N) is 2. The van der Waals surface area contributed by atoms with E-state index in [1.54, 1.807) is 0 Å². The highest BCUT2D eigenvalue weighted by molar-refractivity contribution is 6.32. The summed E-state index contributed by atoms with van der Waals surface area (Å²) in [6, 6.07) is 15.5. The second-order valence-corrected chi connectivity index (χ2v) is 6.43. The number of unbranched alkanes of at least 4 members (excludes halogenated alkanes) is 1. The first kappa shape index (κ1) is 17.8. The first-order valence-corrected chi connectivity index (χ1v) is 9.09. The van der Waals surface area contributed by atoms with Gasteiger partial charge in [0.1, 0.15) is 17.7 Å². The molecule has 0 saturated heterocycles. The quantitative estimate of drug-likeness (QED) is 0.577. The molecule has 1 aromatic heterocycles. The lowest BCUT2D eigenvalue weighted by molar-refractivity contribution is 0.159. The van der Waals surface area contributed by atoms with Gasteiger partial charge in [0, 0.05) is 6.54 Å². The van der Waals surface area contributed by atoms with Crippen LogP contribution < -0.4 is 4.74 Å². The maximum Gasteiger partial charge on any atom is 0.138 e. The Hall–Kier alpha value is -2.04. The summed E-state index contributed by atoms with van der Waals surface area (Å²) in [4.78, 5) is 4.61. The van der Waals surface area contributed by atoms with Crippen LogP contribution in [0.2, 0.25) is 5.02 Å². The summed E-state index contributed by atoms with van der Waals surface area (Å²) in [5.74, 6) is 1.47. The topological polar surface area (TPSA) is 47.3 Å². The number of ether oxygens (including phenoxy) is 1. The van der Waals surface area contributed by atoms with Gasteiger partial charge < -0.3 is 14.4 Å². The molecule has 3 rings (SSSR count). The third-order valence-corrected chi connectivity index (χ3v) is 4.55. The number of imidazole rings is 1. The fourth-order valence-corrected chi connectivity index (χ4v) is 3.07. The molecule has 1 atom stereocenters. The summed E-state index contributed by atoms with van der Waals surface area (Å²) in [6.07, 6.45) is 1.96. The smallest absolute Gasteiger partial charge is 0.138 e. The van der Waals surface area contributed by atoms with Crippen molar-refractivity contribution in [2.45, 2.75) is 38.8 Å². The number of hydrogen-bond donors (Lipinski definition) is 1. The lowest BCUT2D eigenvalue weighted by Crippen LogP contribution is -2.09. The molecule has 4 nitrogen and oxygen atoms in total. The van der Waals surface area contributed by atoms with Crippen LogP contribution in [0.15, 0.2) is 48.5 Å². The first-order chi connectivity index (χ1) is 12.2. The summed E-state index contributed by atoms with van der Waals surface area (Å²) in [6.45, 7) is 3.38. The number of rotatable bonds is 8. The van der Waals surface area contributed by atoms with E-state index in [1.807, 2.05) is 49.4 Å². The van der Waals surface area contributed by atoms with Crippen LogP contribution in [0.5, 0.6) is 5.75 Å². The van der Waals surface area contributed by atoms with Crippen molar-refractivity contribution in [3.05, 3.63) is 59.4 Å². The molecule has 0 fully saturated rings. The van der Waals surface area contributed by atoms with Gasteiger partial charge in [0.25, 0.3) is 0 Å². The Morgan fingerprint density at radius 1 is 1.12 bits per heavy atom. The van der Waals surface area contributed by atoms with Crippen LogP contribution in [0, 0.1) is 0 Å². The maximum atomic E-state index is 10.3. The fourth-order valence-electron chi connectivity index (χ4n) is 2.88. The molecule has 0 aliphatic carbocycles. The Morgan fingerprint density at radius 2 is 1.88 bits per heavy atom. The number of hydrogen-bond acceptors (Lipinski definition) is 3. The van der Waals surface area contributed by atoms with Crippen molar-refractivity contribution >= 4 is 22.6 Å². The third-order valence-electron chi connectivity index (χ3n) is 4.24. The SMILES string of the molecule is CC[C@@H](O)c1nc2ccccc2n1CCCCOc1ccccc1Cl. The van der Waals surface area contributed by atoms with E-state index in [-0.39, 0.29) is 0 Å². The van der Waals surface area contributed by atoms with E-state index in [9.17, 15) is 5.11 Å². The summed E-state index contributed by atoms with van der Waals surface area (Å²) in [7, 11) is 0. The van der Waals surface area contributed by atoms with E-state index in [1.165, 1.54) is 0 Å². The van der Waals surface area contributed by atoms with Crippen LogP contribution in [0.3, 0.4) is 0 Å². The predicted octanol–water partition coefficient (Wildman–Crippen LogP) is 4.99. The number of aliphatic hydroxyl groups excluding tert-OH is 1. The van der Waals surface area contributed by atoms with Gasteiger partial charge in [-0.2, -0.15) is 0 Å². The zero-order valence-electron chi connectivity index (χ0n) is 14.4. The van der Waals surface area contributed by atoms with Crippen molar-refractivity contribution in [2.24, 2.45) is 0 Å². The van der Waals surface area contributed by atoms with Crippen molar-refractivity contribution in [1.29, 1.82) is 0 Å². The molecule has 1 N–H and O–H groups in total. The number of aliphatic hydroxyl groups is 1. The molecular weight excluding hydrogens is 336 g/mol. The van der Waals surface area contributed by atoms with Crippen LogP contribution in [-0.4, -0.2) is 21.3 Å². The summed E-state index contributed by atoms with van der Waals surface area (Å²) in [5.41, 5.74) is 1.99. The Morgan fingerprint density at radius 3 is 2.68 bits per heavy atom. The second-order valence-electron chi connectivity index (χ2n) is 6.02. The average Bonchev–Trinajstić information content (AvgIpc) is 3.01. The van der Waals surface area contributed by atoms with E-state index in [4.69, 9.17) is 16.3 Å². The molecule has 2 aromatic carbocycles. The minimum Gasteiger partial charge on any atom is -0.492 e. The highest BCUT2D eigenvalue weighted by Crippen LogP contribution is 2.24. The second kappa shape index (κ2) is 8.37. The van der Waals surface area contributed by atoms with Crippen LogP contribution in [0.1, 0.15) is 38.1 Å². The molecule has 0 radical (unpaired) electrons. The van der Waals surface area contributed by atoms with Crippen molar-refractivity contribution in [1.82, 2.24) is 9.55 Å². The predicted molar refractivity (Wildman–Crippen MR) is 101 cm³/mol. The lowest BCUT2D eigenvalue weighted by atomic mass is 10.2. The van der Waals surface area contributed by atoms with Crippen molar-refractivity contribution < 1.29 is 9.84 Å². The molecule has 0 unspecified atom stereocenters. The molecule has 5 heteroatoms. The van der Waals surface area contributed by atoms with Gasteiger partial charge in [-0.3, -0.25) is 0 Å². The minimum absolute atomic E-state index is 0.535. The summed E-state index contributed by atoms with van der Waals surface area (Å²) >= 11 is 6.09. The van der Waals surface area contributed by atoms with Crippen LogP contribution in [0.4, 0.5) is 0 Å². The number of benzene rings is 2. The Kier molecular flexibility index (Phi) is 5.95. The van der Waals surface area contributed by atoms with Crippen LogP contribution >= 0.6 is 11.6 Å². The van der Waals surface area contributed by atoms with Crippen molar-refractivity contribution in [3.8, 4) is 5.75 Å². The van der Waals surface area contributed by atoms with E-state index < -0.39 is 6.10 Å². The standard InChI is InChI=1S/C20H23ClN2O2/c1-2-18(24)20-22-16-10-4-5-11-17(16)23(20)13-7-8-14-25-19-12-6-3-9-15(19)21/h3-6,9-12,18,24H,2,7-8,13-14H2,1H3/t18-/m1/s1. The molecule has 132 valence electrons. The molecule has 0 aliphatic heterocycles. The van der Waals surface area contributed by atoms with Crippen LogP contribution in [-0.2, 0) is 6.54 Å². The molecule has 0 bridgehead atoms. The largest absolute Gasteiger partial charge is 0.492 e. The molecule has 1 heterocycles. The molecule has 0 spiro atoms. The maximum absolute atomic E-state index is 10.3. The molecule has 25 heavy (non-hydrogen) atoms. The Bertz CT molecular complexity index is 831. The lowest BCUT2D eigenvalue weighted by Gasteiger charge is -2.13. The Balaban J connectivity index is 1.62. The fraction of sp³-hybridized carbons (Fsp3) is 0.350. The Labute approximate surface area is 153 Å². The highest BCUT2D eigenvalue weighted by atomic mass is 35.5. The average molecular weight is 359 g/mol. The normalized spacial score (nSPS) is 12.4. The summed E-state index contributed by atoms with van der Waals surface area (Å²) < 4.78 is 7.86.